The molecule has 0 spiro atoms. The van der Waals surface area contributed by atoms with Gasteiger partial charge in [-0.15, -0.1) is 5.53 Å². The van der Waals surface area contributed by atoms with Crippen LogP contribution in [0.25, 0.3) is 10.9 Å². The molecule has 6 rings (SSSR count). The Hall–Kier alpha value is -4.32. The molecular weight excluding hydrogens is 525 g/mol. The second-order valence-electron chi connectivity index (χ2n) is 9.95. The van der Waals surface area contributed by atoms with Crippen molar-refractivity contribution in [3.8, 4) is 6.07 Å². The van der Waals surface area contributed by atoms with Crippen molar-refractivity contribution in [2.24, 2.45) is 0 Å². The van der Waals surface area contributed by atoms with Crippen LogP contribution < -0.4 is 21.6 Å². The first kappa shape index (κ1) is 24.7. The Labute approximate surface area is 239 Å². The van der Waals surface area contributed by atoms with E-state index in [9.17, 15) is 11.0 Å². The third-order valence-electron chi connectivity index (χ3n) is 7.17. The van der Waals surface area contributed by atoms with E-state index in [-0.39, 0.29) is 11.9 Å². The molecule has 0 saturated heterocycles. The van der Waals surface area contributed by atoms with Crippen molar-refractivity contribution >= 4 is 33.9 Å². The molecule has 2 heterocycles. The first-order chi connectivity index (χ1) is 19.9. The molecule has 1 fully saturated rings. The fourth-order valence-corrected chi connectivity index (χ4v) is 5.18. The van der Waals surface area contributed by atoms with Gasteiger partial charge < -0.3 is 16.1 Å². The molecule has 0 amide bonds. The first-order valence-corrected chi connectivity index (χ1v) is 13.7. The highest BCUT2D eigenvalue weighted by atomic mass is 35.5. The minimum absolute atomic E-state index is 0.0499. The van der Waals surface area contributed by atoms with Crippen molar-refractivity contribution in [1.82, 2.24) is 21.0 Å². The zero-order valence-corrected chi connectivity index (χ0v) is 22.6. The molecule has 0 bridgehead atoms. The van der Waals surface area contributed by atoms with Crippen molar-refractivity contribution in [3.63, 3.8) is 0 Å². The van der Waals surface area contributed by atoms with E-state index < -0.39 is 6.02 Å². The summed E-state index contributed by atoms with van der Waals surface area (Å²) in [7, 11) is 0. The fraction of sp³-hybridized carbons (Fsp3) is 0.226. The maximum absolute atomic E-state index is 13.9. The van der Waals surface area contributed by atoms with E-state index in [4.69, 9.17) is 11.6 Å². The molecule has 1 aliphatic carbocycles. The van der Waals surface area contributed by atoms with Crippen LogP contribution in [0.5, 0.6) is 0 Å². The molecule has 202 valence electrons. The van der Waals surface area contributed by atoms with Crippen LogP contribution in [0.4, 0.5) is 15.8 Å². The first-order valence-electron chi connectivity index (χ1n) is 13.8. The lowest BCUT2D eigenvalue weighted by Gasteiger charge is -2.23. The maximum Gasteiger partial charge on any atom is 0.123 e. The number of rotatable bonds is 9. The second kappa shape index (κ2) is 11.0. The third-order valence-corrected chi connectivity index (χ3v) is 7.46. The number of halogens is 2. The third kappa shape index (κ3) is 5.26. The summed E-state index contributed by atoms with van der Waals surface area (Å²) in [5.74, 6) is -0.384. The number of fused-ring (bicyclic) bond motifs is 1. The Kier molecular flexibility index (Phi) is 6.82. The van der Waals surface area contributed by atoms with Gasteiger partial charge in [-0.3, -0.25) is 9.99 Å². The Morgan fingerprint density at radius 1 is 1.15 bits per heavy atom. The number of pyridine rings is 1. The van der Waals surface area contributed by atoms with Crippen molar-refractivity contribution in [2.75, 3.05) is 10.6 Å². The van der Waals surface area contributed by atoms with Crippen LogP contribution in [-0.4, -0.2) is 16.0 Å². The summed E-state index contributed by atoms with van der Waals surface area (Å²) >= 11 is 6.77. The molecule has 9 heteroatoms. The van der Waals surface area contributed by atoms with E-state index in [1.807, 2.05) is 35.5 Å². The number of hydrazine groups is 2. The monoisotopic (exact) mass is 554 g/mol. The number of nitriles is 1. The van der Waals surface area contributed by atoms with Crippen LogP contribution in [0.3, 0.4) is 0 Å². The van der Waals surface area contributed by atoms with Gasteiger partial charge in [0.2, 0.25) is 0 Å². The minimum Gasteiger partial charge on any atom is -0.377 e. The summed E-state index contributed by atoms with van der Waals surface area (Å²) in [6, 6.07) is 20.5. The summed E-state index contributed by atoms with van der Waals surface area (Å²) in [4.78, 5) is 4.49. The van der Waals surface area contributed by atoms with Crippen LogP contribution in [0.1, 0.15) is 56.3 Å². The fourth-order valence-electron chi connectivity index (χ4n) is 4.91. The molecule has 1 saturated carbocycles. The van der Waals surface area contributed by atoms with E-state index in [0.717, 1.165) is 24.8 Å². The van der Waals surface area contributed by atoms with Gasteiger partial charge in [0, 0.05) is 29.5 Å². The number of nitrogens with zero attached hydrogens (tertiary/aromatic N) is 3. The van der Waals surface area contributed by atoms with Crippen LogP contribution >= 0.6 is 11.6 Å². The summed E-state index contributed by atoms with van der Waals surface area (Å²) in [6.07, 6.45) is 6.33. The lowest BCUT2D eigenvalue weighted by molar-refractivity contribution is 0.260. The minimum atomic E-state index is -1.52. The van der Waals surface area contributed by atoms with Gasteiger partial charge in [0.25, 0.3) is 0 Å². The largest absolute Gasteiger partial charge is 0.377 e. The summed E-state index contributed by atoms with van der Waals surface area (Å²) in [5, 5.41) is 19.9. The lowest BCUT2D eigenvalue weighted by Crippen LogP contribution is -2.38. The van der Waals surface area contributed by atoms with Crippen molar-refractivity contribution in [2.45, 2.75) is 44.3 Å². The highest BCUT2D eigenvalue weighted by Gasteiger charge is 2.32. The van der Waals surface area contributed by atoms with Gasteiger partial charge in [0.15, 0.2) is 0 Å². The zero-order valence-electron chi connectivity index (χ0n) is 22.9. The molecular formula is C31H29ClFN7. The molecule has 2 atom stereocenters. The Balaban J connectivity index is 1.44. The number of aromatic nitrogens is 1. The zero-order chi connectivity index (χ0) is 28.6. The normalized spacial score (nSPS) is 17.3. The molecule has 0 unspecified atom stereocenters. The highest BCUT2D eigenvalue weighted by Crippen LogP contribution is 2.38. The molecule has 4 aromatic rings. The van der Waals surface area contributed by atoms with Crippen molar-refractivity contribution in [1.29, 1.82) is 5.26 Å². The van der Waals surface area contributed by atoms with Crippen molar-refractivity contribution in [3.05, 3.63) is 112 Å². The average Bonchev–Trinajstić information content (AvgIpc) is 3.72. The number of nitrogens with one attached hydrogen (secondary N) is 4. The number of hydrogen-bond acceptors (Lipinski definition) is 7. The second-order valence-corrected chi connectivity index (χ2v) is 10.4. The average molecular weight is 555 g/mol. The topological polar surface area (TPSA) is 88.0 Å². The summed E-state index contributed by atoms with van der Waals surface area (Å²) in [5.41, 5.74) is 10.5. The molecule has 1 aromatic heterocycles. The van der Waals surface area contributed by atoms with E-state index in [1.54, 1.807) is 18.2 Å². The molecule has 7 nitrogen and oxygen atoms in total. The predicted molar refractivity (Wildman–Crippen MR) is 157 cm³/mol. The van der Waals surface area contributed by atoms with Gasteiger partial charge in [0.05, 0.1) is 40.9 Å². The Bertz CT molecular complexity index is 1650. The maximum atomic E-state index is 13.9. The van der Waals surface area contributed by atoms with Gasteiger partial charge in [0.1, 0.15) is 11.9 Å². The van der Waals surface area contributed by atoms with E-state index in [2.05, 4.69) is 51.7 Å². The Morgan fingerprint density at radius 2 is 1.93 bits per heavy atom. The SMILES string of the molecule is [2H][C@](Nc1cc(Cl)c2ncc(C#N)c(N[C@H](CC)c3ccccc3)c2c1)(C1=CN(C2CC2)NN1)c1ccc(F)cc1. The standard InChI is InChI=1S/C31H29ClFN7/c1-2-27(19-6-4-3-5-7-19)37-29-21(16-34)17-35-31-25(29)14-23(15-26(31)32)36-30(20-8-10-22(33)11-9-20)28-18-40(39-38-28)24-12-13-24/h3-11,14-15,17-18,24,27,30,36,38-39H,2,12-13H2,1H3,(H,35,37)/t27-,30-/m1/s1/i30D. The van der Waals surface area contributed by atoms with Gasteiger partial charge in [-0.05, 0) is 54.7 Å². The van der Waals surface area contributed by atoms with Crippen molar-refractivity contribution < 1.29 is 5.76 Å². The number of anilines is 2. The summed E-state index contributed by atoms with van der Waals surface area (Å²) in [6.45, 7) is 2.08. The van der Waals surface area contributed by atoms with E-state index in [0.29, 0.717) is 50.2 Å². The predicted octanol–water partition coefficient (Wildman–Crippen LogP) is 6.94. The van der Waals surface area contributed by atoms with E-state index >= 15 is 0 Å². The molecule has 4 N–H and O–H groups in total. The van der Waals surface area contributed by atoms with Gasteiger partial charge in [-0.2, -0.15) is 5.26 Å². The highest BCUT2D eigenvalue weighted by molar-refractivity contribution is 6.35. The molecule has 3 aromatic carbocycles. The van der Waals surface area contributed by atoms with Crippen LogP contribution in [0.15, 0.2) is 84.8 Å². The lowest BCUT2D eigenvalue weighted by atomic mass is 10.0. The molecule has 40 heavy (non-hydrogen) atoms. The molecule has 2 aliphatic rings. The van der Waals surface area contributed by atoms with E-state index in [1.165, 1.54) is 18.3 Å². The quantitative estimate of drug-likeness (QED) is 0.178. The smallest absolute Gasteiger partial charge is 0.123 e. The van der Waals surface area contributed by atoms with Gasteiger partial charge in [-0.1, -0.05) is 61.0 Å². The molecule has 1 aliphatic heterocycles. The van der Waals surface area contributed by atoms with Gasteiger partial charge in [-0.25, -0.2) is 4.39 Å². The van der Waals surface area contributed by atoms with Crippen LogP contribution in [0, 0.1) is 17.1 Å². The molecule has 0 radical (unpaired) electrons. The number of hydrogen-bond donors (Lipinski definition) is 4. The summed E-state index contributed by atoms with van der Waals surface area (Å²) < 4.78 is 23.5. The Morgan fingerprint density at radius 3 is 2.62 bits per heavy atom. The van der Waals surface area contributed by atoms with Gasteiger partial charge >= 0.3 is 0 Å². The van der Waals surface area contributed by atoms with Crippen LogP contribution in [-0.2, 0) is 0 Å². The number of benzene rings is 3. The van der Waals surface area contributed by atoms with Crippen LogP contribution in [0.2, 0.25) is 5.02 Å².